The van der Waals surface area contributed by atoms with Gasteiger partial charge in [0.1, 0.15) is 0 Å². The van der Waals surface area contributed by atoms with Crippen molar-refractivity contribution in [2.75, 3.05) is 18.0 Å². The van der Waals surface area contributed by atoms with Crippen LogP contribution >= 0.6 is 0 Å². The quantitative estimate of drug-likeness (QED) is 0.820. The van der Waals surface area contributed by atoms with Gasteiger partial charge in [-0.1, -0.05) is 12.1 Å². The molecule has 0 radical (unpaired) electrons. The van der Waals surface area contributed by atoms with E-state index in [1.807, 2.05) is 0 Å². The summed E-state index contributed by atoms with van der Waals surface area (Å²) in [5.74, 6) is 0. The maximum absolute atomic E-state index is 6.05. The van der Waals surface area contributed by atoms with E-state index < -0.39 is 0 Å². The Morgan fingerprint density at radius 2 is 2.00 bits per heavy atom. The van der Waals surface area contributed by atoms with Crippen LogP contribution in [0, 0.1) is 6.92 Å². The van der Waals surface area contributed by atoms with Gasteiger partial charge < -0.3 is 10.6 Å². The molecule has 0 amide bonds. The van der Waals surface area contributed by atoms with E-state index in [4.69, 9.17) is 5.73 Å². The maximum atomic E-state index is 6.05. The topological polar surface area (TPSA) is 29.3 Å². The molecule has 2 N–H and O–H groups in total. The van der Waals surface area contributed by atoms with E-state index in [1.165, 1.54) is 11.3 Å². The van der Waals surface area contributed by atoms with Crippen molar-refractivity contribution in [3.05, 3.63) is 29.8 Å². The van der Waals surface area contributed by atoms with Crippen LogP contribution in [0.3, 0.4) is 0 Å². The Bertz CT molecular complexity index is 313. The summed E-state index contributed by atoms with van der Waals surface area (Å²) in [6.45, 7) is 10.3. The van der Waals surface area contributed by atoms with Crippen molar-refractivity contribution in [1.82, 2.24) is 0 Å². The number of nitrogens with two attached hydrogens (primary N) is 1. The van der Waals surface area contributed by atoms with Crippen LogP contribution in [0.15, 0.2) is 24.3 Å². The highest BCUT2D eigenvalue weighted by molar-refractivity contribution is 5.48. The monoisotopic (exact) mass is 206 g/mol. The molecule has 15 heavy (non-hydrogen) atoms. The van der Waals surface area contributed by atoms with E-state index in [0.717, 1.165) is 13.1 Å². The van der Waals surface area contributed by atoms with Crippen molar-refractivity contribution in [1.29, 1.82) is 0 Å². The van der Waals surface area contributed by atoms with E-state index in [2.05, 4.69) is 56.9 Å². The number of aryl methyl sites for hydroxylation is 1. The summed E-state index contributed by atoms with van der Waals surface area (Å²) in [6.07, 6.45) is 0. The molecule has 1 aromatic rings. The van der Waals surface area contributed by atoms with Gasteiger partial charge in [-0.2, -0.15) is 0 Å². The largest absolute Gasteiger partial charge is 0.370 e. The highest BCUT2D eigenvalue weighted by atomic mass is 15.1. The lowest BCUT2D eigenvalue weighted by Gasteiger charge is -2.30. The molecule has 0 atom stereocenters. The molecule has 0 spiro atoms. The van der Waals surface area contributed by atoms with Crippen molar-refractivity contribution in [2.24, 2.45) is 5.73 Å². The number of benzene rings is 1. The zero-order chi connectivity index (χ0) is 11.5. The summed E-state index contributed by atoms with van der Waals surface area (Å²) in [7, 11) is 0. The standard InChI is InChI=1S/C13H22N2/c1-5-15(10-13(3,4)14)12-8-6-7-11(2)9-12/h6-9H,5,10,14H2,1-4H3. The lowest BCUT2D eigenvalue weighted by molar-refractivity contribution is 0.509. The maximum Gasteiger partial charge on any atom is 0.0369 e. The van der Waals surface area contributed by atoms with Crippen LogP contribution in [0.25, 0.3) is 0 Å². The second-order valence-electron chi connectivity index (χ2n) is 4.84. The van der Waals surface area contributed by atoms with E-state index in [9.17, 15) is 0 Å². The van der Waals surface area contributed by atoms with E-state index in [1.54, 1.807) is 0 Å². The Kier molecular flexibility index (Phi) is 3.75. The Hall–Kier alpha value is -1.02. The third kappa shape index (κ3) is 3.92. The van der Waals surface area contributed by atoms with E-state index in [-0.39, 0.29) is 5.54 Å². The summed E-state index contributed by atoms with van der Waals surface area (Å²) >= 11 is 0. The Morgan fingerprint density at radius 1 is 1.33 bits per heavy atom. The minimum absolute atomic E-state index is 0.153. The molecular weight excluding hydrogens is 184 g/mol. The molecule has 0 aliphatic heterocycles. The number of nitrogens with zero attached hydrogens (tertiary/aromatic N) is 1. The lowest BCUT2D eigenvalue weighted by atomic mass is 10.1. The number of hydrogen-bond acceptors (Lipinski definition) is 2. The third-order valence-corrected chi connectivity index (χ3v) is 2.35. The zero-order valence-corrected chi connectivity index (χ0v) is 10.2. The molecular formula is C13H22N2. The minimum Gasteiger partial charge on any atom is -0.370 e. The fourth-order valence-corrected chi connectivity index (χ4v) is 1.70. The smallest absolute Gasteiger partial charge is 0.0369 e. The molecule has 0 fully saturated rings. The van der Waals surface area contributed by atoms with Crippen molar-refractivity contribution in [3.8, 4) is 0 Å². The molecule has 1 aromatic carbocycles. The molecule has 0 aliphatic rings. The van der Waals surface area contributed by atoms with Crippen molar-refractivity contribution in [2.45, 2.75) is 33.2 Å². The summed E-state index contributed by atoms with van der Waals surface area (Å²) in [6, 6.07) is 8.55. The van der Waals surface area contributed by atoms with Gasteiger partial charge in [-0.15, -0.1) is 0 Å². The number of hydrogen-bond donors (Lipinski definition) is 1. The first-order chi connectivity index (χ1) is 6.92. The van der Waals surface area contributed by atoms with Crippen LogP contribution in [0.1, 0.15) is 26.3 Å². The Labute approximate surface area is 93.1 Å². The molecule has 0 unspecified atom stereocenters. The summed E-state index contributed by atoms with van der Waals surface area (Å²) in [5, 5.41) is 0. The molecule has 0 bridgehead atoms. The van der Waals surface area contributed by atoms with Gasteiger partial charge in [0.15, 0.2) is 0 Å². The van der Waals surface area contributed by atoms with Crippen LogP contribution in [-0.2, 0) is 0 Å². The fraction of sp³-hybridized carbons (Fsp3) is 0.538. The first-order valence-corrected chi connectivity index (χ1v) is 5.53. The molecule has 0 saturated heterocycles. The Balaban J connectivity index is 2.83. The molecule has 0 aliphatic carbocycles. The summed E-state index contributed by atoms with van der Waals surface area (Å²) in [4.78, 5) is 2.31. The van der Waals surface area contributed by atoms with Crippen LogP contribution in [-0.4, -0.2) is 18.6 Å². The molecule has 0 heterocycles. The predicted molar refractivity (Wildman–Crippen MR) is 67.3 cm³/mol. The highest BCUT2D eigenvalue weighted by Gasteiger charge is 2.15. The van der Waals surface area contributed by atoms with Crippen LogP contribution in [0.4, 0.5) is 5.69 Å². The van der Waals surface area contributed by atoms with Crippen molar-refractivity contribution < 1.29 is 0 Å². The second-order valence-corrected chi connectivity index (χ2v) is 4.84. The van der Waals surface area contributed by atoms with Gasteiger partial charge in [-0.3, -0.25) is 0 Å². The van der Waals surface area contributed by atoms with Gasteiger partial charge in [-0.25, -0.2) is 0 Å². The molecule has 2 heteroatoms. The van der Waals surface area contributed by atoms with Gasteiger partial charge in [0.25, 0.3) is 0 Å². The molecule has 2 nitrogen and oxygen atoms in total. The zero-order valence-electron chi connectivity index (χ0n) is 10.2. The fourth-order valence-electron chi connectivity index (χ4n) is 1.70. The number of rotatable bonds is 4. The van der Waals surface area contributed by atoms with E-state index in [0.29, 0.717) is 0 Å². The summed E-state index contributed by atoms with van der Waals surface area (Å²) in [5.41, 5.74) is 8.45. The van der Waals surface area contributed by atoms with E-state index >= 15 is 0 Å². The molecule has 0 aromatic heterocycles. The first-order valence-electron chi connectivity index (χ1n) is 5.53. The first kappa shape index (κ1) is 12.1. The van der Waals surface area contributed by atoms with Gasteiger partial charge in [-0.05, 0) is 45.4 Å². The van der Waals surface area contributed by atoms with Gasteiger partial charge in [0, 0.05) is 24.3 Å². The number of anilines is 1. The van der Waals surface area contributed by atoms with Crippen molar-refractivity contribution >= 4 is 5.69 Å². The van der Waals surface area contributed by atoms with Crippen LogP contribution < -0.4 is 10.6 Å². The molecule has 84 valence electrons. The molecule has 0 saturated carbocycles. The SMILES string of the molecule is CCN(CC(C)(C)N)c1cccc(C)c1. The second kappa shape index (κ2) is 4.67. The van der Waals surface area contributed by atoms with Gasteiger partial charge >= 0.3 is 0 Å². The number of likely N-dealkylation sites (N-methyl/N-ethyl adjacent to an activating group) is 1. The average molecular weight is 206 g/mol. The Morgan fingerprint density at radius 3 is 2.47 bits per heavy atom. The average Bonchev–Trinajstić information content (AvgIpc) is 2.13. The van der Waals surface area contributed by atoms with Gasteiger partial charge in [0.05, 0.1) is 0 Å². The van der Waals surface area contributed by atoms with Crippen LogP contribution in [0.2, 0.25) is 0 Å². The van der Waals surface area contributed by atoms with Crippen molar-refractivity contribution in [3.63, 3.8) is 0 Å². The molecule has 1 rings (SSSR count). The third-order valence-electron chi connectivity index (χ3n) is 2.35. The lowest BCUT2D eigenvalue weighted by Crippen LogP contribution is -2.45. The summed E-state index contributed by atoms with van der Waals surface area (Å²) < 4.78 is 0. The van der Waals surface area contributed by atoms with Crippen LogP contribution in [0.5, 0.6) is 0 Å². The normalized spacial score (nSPS) is 11.5. The predicted octanol–water partition coefficient (Wildman–Crippen LogP) is 2.56. The highest BCUT2D eigenvalue weighted by Crippen LogP contribution is 2.17. The van der Waals surface area contributed by atoms with Gasteiger partial charge in [0.2, 0.25) is 0 Å². The minimum atomic E-state index is -0.153.